The van der Waals surface area contributed by atoms with Gasteiger partial charge < -0.3 is 14.0 Å². The molecule has 1 amide bonds. The van der Waals surface area contributed by atoms with Crippen LogP contribution in [0.3, 0.4) is 0 Å². The van der Waals surface area contributed by atoms with Crippen LogP contribution in [-0.4, -0.2) is 65.0 Å². The lowest BCUT2D eigenvalue weighted by Gasteiger charge is -2.40. The molecule has 0 bridgehead atoms. The Morgan fingerprint density at radius 1 is 1.12 bits per heavy atom. The topological polar surface area (TPSA) is 119 Å². The fourth-order valence-corrected chi connectivity index (χ4v) is 9.24. The molecule has 2 unspecified atom stereocenters. The van der Waals surface area contributed by atoms with Crippen molar-refractivity contribution in [3.63, 3.8) is 0 Å². The molecule has 12 heteroatoms. The van der Waals surface area contributed by atoms with Gasteiger partial charge in [-0.3, -0.25) is 4.90 Å². The van der Waals surface area contributed by atoms with Gasteiger partial charge in [-0.25, -0.2) is 22.2 Å². The van der Waals surface area contributed by atoms with Gasteiger partial charge in [-0.05, 0) is 96.3 Å². The second-order valence-electron chi connectivity index (χ2n) is 16.3. The van der Waals surface area contributed by atoms with Gasteiger partial charge in [0.05, 0.1) is 28.2 Å². The maximum atomic E-state index is 14.5. The third-order valence-electron chi connectivity index (χ3n) is 9.69. The zero-order valence-corrected chi connectivity index (χ0v) is 33.6. The molecule has 0 aliphatic heterocycles. The van der Waals surface area contributed by atoms with Crippen LogP contribution in [0.15, 0.2) is 66.4 Å². The standard InChI is InChI=1S/C39H51N5O5SSi/c1-27-13-12-19-38(6,24-27)50(46,47)44-20-18-30-31(16-14-28(2)34(30)44)39(7,42(8)36(45)49-37(3,4)5)35-41-32-23-29(25-40)15-17-33(32)43(35)26-48-21-22-51(9,10)11/h12-18,20,23-24H,19,21-22,26H2,1-11H3. The van der Waals surface area contributed by atoms with Gasteiger partial charge >= 0.3 is 6.09 Å². The highest BCUT2D eigenvalue weighted by molar-refractivity contribution is 7.91. The highest BCUT2D eigenvalue weighted by atomic mass is 32.2. The van der Waals surface area contributed by atoms with E-state index in [4.69, 9.17) is 14.5 Å². The van der Waals surface area contributed by atoms with E-state index in [2.05, 4.69) is 25.7 Å². The summed E-state index contributed by atoms with van der Waals surface area (Å²) in [4.78, 5) is 20.7. The number of aryl methyl sites for hydroxylation is 1. The second-order valence-corrected chi connectivity index (χ2v) is 24.2. The van der Waals surface area contributed by atoms with Crippen molar-refractivity contribution in [3.05, 3.63) is 88.9 Å². The van der Waals surface area contributed by atoms with Crippen LogP contribution in [0.4, 0.5) is 4.79 Å². The zero-order chi connectivity index (χ0) is 37.7. The van der Waals surface area contributed by atoms with Crippen molar-refractivity contribution in [2.45, 2.75) is 103 Å². The lowest BCUT2D eigenvalue weighted by molar-refractivity contribution is 0.0104. The van der Waals surface area contributed by atoms with E-state index >= 15 is 0 Å². The minimum absolute atomic E-state index is 0.155. The van der Waals surface area contributed by atoms with Crippen molar-refractivity contribution in [1.82, 2.24) is 18.4 Å². The van der Waals surface area contributed by atoms with Gasteiger partial charge in [0.15, 0.2) is 0 Å². The number of benzene rings is 2. The molecule has 0 radical (unpaired) electrons. The summed E-state index contributed by atoms with van der Waals surface area (Å²) in [6.07, 6.45) is 7.03. The van der Waals surface area contributed by atoms with Crippen molar-refractivity contribution >= 4 is 46.1 Å². The number of carbonyl (C=O) groups is 1. The van der Waals surface area contributed by atoms with Crippen LogP contribution in [0, 0.1) is 18.3 Å². The molecule has 0 saturated heterocycles. The van der Waals surface area contributed by atoms with Gasteiger partial charge in [0.25, 0.3) is 0 Å². The van der Waals surface area contributed by atoms with Crippen LogP contribution in [0.2, 0.25) is 25.7 Å². The Hall–Kier alpha value is -4.18. The van der Waals surface area contributed by atoms with E-state index in [9.17, 15) is 18.5 Å². The predicted octanol–water partition coefficient (Wildman–Crippen LogP) is 8.46. The molecule has 0 fully saturated rings. The number of imidazole rings is 1. The molecule has 5 rings (SSSR count). The first-order valence-corrected chi connectivity index (χ1v) is 22.5. The molecule has 0 N–H and O–H groups in total. The Balaban J connectivity index is 1.79. The molecule has 272 valence electrons. The third kappa shape index (κ3) is 7.16. The number of nitriles is 1. The van der Waals surface area contributed by atoms with E-state index in [1.54, 1.807) is 38.4 Å². The summed E-state index contributed by atoms with van der Waals surface area (Å²) in [6.45, 7) is 20.5. The smallest absolute Gasteiger partial charge is 0.411 e. The molecule has 51 heavy (non-hydrogen) atoms. The van der Waals surface area contributed by atoms with E-state index in [0.717, 1.165) is 22.7 Å². The number of carbonyl (C=O) groups excluding carboxylic acids is 1. The monoisotopic (exact) mass is 729 g/mol. The lowest BCUT2D eigenvalue weighted by atomic mass is 9.86. The quantitative estimate of drug-likeness (QED) is 0.119. The number of rotatable bonds is 10. The van der Waals surface area contributed by atoms with Crippen LogP contribution >= 0.6 is 0 Å². The average molecular weight is 730 g/mol. The largest absolute Gasteiger partial charge is 0.444 e. The maximum Gasteiger partial charge on any atom is 0.411 e. The molecule has 2 heterocycles. The van der Waals surface area contributed by atoms with Gasteiger partial charge in [0, 0.05) is 33.3 Å². The number of nitrogens with zero attached hydrogens (tertiary/aromatic N) is 5. The summed E-state index contributed by atoms with van der Waals surface area (Å²) in [7, 11) is -3.65. The summed E-state index contributed by atoms with van der Waals surface area (Å²) in [5.41, 5.74) is 2.51. The second kappa shape index (κ2) is 13.4. The van der Waals surface area contributed by atoms with E-state index in [-0.39, 0.29) is 6.73 Å². The fourth-order valence-electron chi connectivity index (χ4n) is 6.69. The highest BCUT2D eigenvalue weighted by Crippen LogP contribution is 2.43. The minimum Gasteiger partial charge on any atom is -0.444 e. The van der Waals surface area contributed by atoms with Gasteiger partial charge in [-0.2, -0.15) is 5.26 Å². The summed E-state index contributed by atoms with van der Waals surface area (Å²) in [6, 6.07) is 14.1. The lowest BCUT2D eigenvalue weighted by Crippen LogP contribution is -2.49. The highest BCUT2D eigenvalue weighted by Gasteiger charge is 2.45. The summed E-state index contributed by atoms with van der Waals surface area (Å²) in [5.74, 6) is 0.484. The van der Waals surface area contributed by atoms with Gasteiger partial charge in [0.1, 0.15) is 28.4 Å². The number of amides is 1. The first kappa shape index (κ1) is 38.1. The van der Waals surface area contributed by atoms with Crippen LogP contribution in [0.25, 0.3) is 21.9 Å². The van der Waals surface area contributed by atoms with E-state index in [0.29, 0.717) is 46.4 Å². The van der Waals surface area contributed by atoms with Crippen LogP contribution in [-0.2, 0) is 31.8 Å². The van der Waals surface area contributed by atoms with Crippen molar-refractivity contribution < 1.29 is 22.7 Å². The molecule has 0 saturated carbocycles. The Bertz CT molecular complexity index is 2210. The summed E-state index contributed by atoms with van der Waals surface area (Å²) < 4.78 is 43.4. The van der Waals surface area contributed by atoms with Crippen LogP contribution in [0.5, 0.6) is 0 Å². The number of hydrogen-bond acceptors (Lipinski definition) is 7. The van der Waals surface area contributed by atoms with Crippen molar-refractivity contribution in [3.8, 4) is 6.07 Å². The molecular weight excluding hydrogens is 679 g/mol. The summed E-state index contributed by atoms with van der Waals surface area (Å²) >= 11 is 0. The first-order valence-electron chi connectivity index (χ1n) is 17.3. The van der Waals surface area contributed by atoms with Gasteiger partial charge in [0.2, 0.25) is 10.0 Å². The Labute approximate surface area is 303 Å². The van der Waals surface area contributed by atoms with Crippen molar-refractivity contribution in [1.29, 1.82) is 5.26 Å². The van der Waals surface area contributed by atoms with Crippen molar-refractivity contribution in [2.24, 2.45) is 0 Å². The number of allylic oxidation sites excluding steroid dienone is 3. The Morgan fingerprint density at radius 3 is 2.45 bits per heavy atom. The molecule has 2 aromatic carbocycles. The van der Waals surface area contributed by atoms with E-state index < -0.39 is 40.1 Å². The van der Waals surface area contributed by atoms with Crippen molar-refractivity contribution in [2.75, 3.05) is 13.7 Å². The molecule has 1 aliphatic rings. The number of fused-ring (bicyclic) bond motifs is 2. The maximum absolute atomic E-state index is 14.5. The molecule has 2 aromatic heterocycles. The molecule has 1 aliphatic carbocycles. The molecule has 10 nitrogen and oxygen atoms in total. The average Bonchev–Trinajstić information content (AvgIpc) is 3.64. The van der Waals surface area contributed by atoms with E-state index in [1.165, 1.54) is 8.87 Å². The molecule has 4 aromatic rings. The number of hydrogen-bond donors (Lipinski definition) is 0. The zero-order valence-electron chi connectivity index (χ0n) is 31.8. The molecule has 2 atom stereocenters. The van der Waals surface area contributed by atoms with Gasteiger partial charge in [-0.1, -0.05) is 55.6 Å². The van der Waals surface area contributed by atoms with Crippen LogP contribution < -0.4 is 0 Å². The fraction of sp³-hybridized carbons (Fsp3) is 0.462. The first-order chi connectivity index (χ1) is 23.6. The Morgan fingerprint density at radius 2 is 1.82 bits per heavy atom. The van der Waals surface area contributed by atoms with Crippen LogP contribution in [0.1, 0.15) is 70.5 Å². The molecule has 0 spiro atoms. The number of ether oxygens (including phenoxy) is 2. The summed E-state index contributed by atoms with van der Waals surface area (Å²) in [5, 5.41) is 10.4. The normalized spacial score (nSPS) is 18.0. The third-order valence-corrected chi connectivity index (χ3v) is 13.7. The number of aromatic nitrogens is 3. The van der Waals surface area contributed by atoms with Gasteiger partial charge in [-0.15, -0.1) is 0 Å². The SMILES string of the molecule is CC1=CC(C)(S(=O)(=O)n2ccc3c(C(C)(c4nc5cc(C#N)ccc5n4COCC[Si](C)(C)C)N(C)C(=O)OC(C)(C)C)ccc(C)c32)CC=C1. The predicted molar refractivity (Wildman–Crippen MR) is 206 cm³/mol. The van der Waals surface area contributed by atoms with E-state index in [1.807, 2.05) is 82.5 Å². The minimum atomic E-state index is -3.94. The molecular formula is C39H51N5O5SSi. The Kier molecular flexibility index (Phi) is 10.0.